The molecule has 0 aliphatic heterocycles. The number of imidazole rings is 1. The fourth-order valence-electron chi connectivity index (χ4n) is 4.12. The molecule has 0 saturated carbocycles. The number of nitrogens with zero attached hydrogens (tertiary/aromatic N) is 2. The standard InChI is InChI=1S/C29H33N3O/c1-21-9-7-10-23(19-21)28(33)30-18-8-13-27-31-25-11-5-6-12-26(25)32(27)20-22-14-16-24(17-15-22)29(2,3)4/h5-7,9-12,14-17,19H,8,13,18,20H2,1-4H3,(H,30,33). The third-order valence-electron chi connectivity index (χ3n) is 6.04. The second-order valence-electron chi connectivity index (χ2n) is 9.78. The molecule has 4 heteroatoms. The van der Waals surface area contributed by atoms with Crippen LogP contribution in [-0.2, 0) is 18.4 Å². The van der Waals surface area contributed by atoms with E-state index in [1.54, 1.807) is 0 Å². The molecule has 0 saturated heterocycles. The highest BCUT2D eigenvalue weighted by Gasteiger charge is 2.14. The van der Waals surface area contributed by atoms with E-state index < -0.39 is 0 Å². The molecule has 170 valence electrons. The first kappa shape index (κ1) is 22.8. The van der Waals surface area contributed by atoms with Crippen molar-refractivity contribution in [3.05, 3.63) is 101 Å². The van der Waals surface area contributed by atoms with Crippen LogP contribution in [0.5, 0.6) is 0 Å². The second-order valence-corrected chi connectivity index (χ2v) is 9.78. The molecule has 0 spiro atoms. The average molecular weight is 440 g/mol. The molecule has 1 N–H and O–H groups in total. The van der Waals surface area contributed by atoms with Crippen molar-refractivity contribution in [1.29, 1.82) is 0 Å². The summed E-state index contributed by atoms with van der Waals surface area (Å²) >= 11 is 0. The van der Waals surface area contributed by atoms with Crippen LogP contribution in [0.2, 0.25) is 0 Å². The van der Waals surface area contributed by atoms with Gasteiger partial charge in [-0.25, -0.2) is 4.98 Å². The predicted molar refractivity (Wildman–Crippen MR) is 136 cm³/mol. The number of amides is 1. The Labute approximate surface area is 196 Å². The third kappa shape index (κ3) is 5.51. The Morgan fingerprint density at radius 1 is 0.970 bits per heavy atom. The van der Waals surface area contributed by atoms with Gasteiger partial charge in [-0.2, -0.15) is 0 Å². The largest absolute Gasteiger partial charge is 0.352 e. The van der Waals surface area contributed by atoms with Crippen LogP contribution in [0, 0.1) is 6.92 Å². The first-order chi connectivity index (χ1) is 15.8. The minimum atomic E-state index is -0.0221. The van der Waals surface area contributed by atoms with Gasteiger partial charge in [0.1, 0.15) is 5.82 Å². The first-order valence-corrected chi connectivity index (χ1v) is 11.7. The quantitative estimate of drug-likeness (QED) is 0.356. The molecule has 1 amide bonds. The molecule has 0 radical (unpaired) electrons. The number of hydrogen-bond acceptors (Lipinski definition) is 2. The van der Waals surface area contributed by atoms with Crippen LogP contribution >= 0.6 is 0 Å². The Morgan fingerprint density at radius 2 is 1.73 bits per heavy atom. The van der Waals surface area contributed by atoms with E-state index in [9.17, 15) is 4.79 Å². The maximum atomic E-state index is 12.4. The monoisotopic (exact) mass is 439 g/mol. The van der Waals surface area contributed by atoms with E-state index in [-0.39, 0.29) is 11.3 Å². The molecule has 1 aromatic heterocycles. The Balaban J connectivity index is 1.45. The molecule has 4 aromatic rings. The maximum Gasteiger partial charge on any atom is 0.251 e. The molecule has 0 aliphatic carbocycles. The SMILES string of the molecule is Cc1cccc(C(=O)NCCCc2nc3ccccc3n2Cc2ccc(C(C)(C)C)cc2)c1. The number of aryl methyl sites for hydroxylation is 2. The fraction of sp³-hybridized carbons (Fsp3) is 0.310. The second kappa shape index (κ2) is 9.62. The topological polar surface area (TPSA) is 46.9 Å². The van der Waals surface area contributed by atoms with Gasteiger partial charge in [0.2, 0.25) is 0 Å². The summed E-state index contributed by atoms with van der Waals surface area (Å²) in [7, 11) is 0. The summed E-state index contributed by atoms with van der Waals surface area (Å²) in [6.45, 7) is 10.1. The minimum absolute atomic E-state index is 0.0221. The lowest BCUT2D eigenvalue weighted by Crippen LogP contribution is -2.25. The molecule has 33 heavy (non-hydrogen) atoms. The van der Waals surface area contributed by atoms with Crippen LogP contribution < -0.4 is 5.32 Å². The normalized spacial score (nSPS) is 11.6. The van der Waals surface area contributed by atoms with Crippen molar-refractivity contribution in [2.75, 3.05) is 6.54 Å². The number of nitrogens with one attached hydrogen (secondary N) is 1. The van der Waals surface area contributed by atoms with E-state index in [1.165, 1.54) is 11.1 Å². The van der Waals surface area contributed by atoms with Crippen LogP contribution in [0.15, 0.2) is 72.8 Å². The number of para-hydroxylation sites is 2. The highest BCUT2D eigenvalue weighted by Crippen LogP contribution is 2.24. The number of fused-ring (bicyclic) bond motifs is 1. The molecular formula is C29H33N3O. The van der Waals surface area contributed by atoms with Gasteiger partial charge in [-0.1, -0.05) is 74.9 Å². The fourth-order valence-corrected chi connectivity index (χ4v) is 4.12. The Bertz CT molecular complexity index is 1250. The van der Waals surface area contributed by atoms with Crippen molar-refractivity contribution in [3.8, 4) is 0 Å². The van der Waals surface area contributed by atoms with E-state index in [0.29, 0.717) is 12.1 Å². The number of rotatable bonds is 7. The highest BCUT2D eigenvalue weighted by atomic mass is 16.1. The van der Waals surface area contributed by atoms with Crippen LogP contribution in [0.4, 0.5) is 0 Å². The number of hydrogen-bond donors (Lipinski definition) is 1. The van der Waals surface area contributed by atoms with Gasteiger partial charge in [0.25, 0.3) is 5.91 Å². The van der Waals surface area contributed by atoms with Crippen molar-refractivity contribution >= 4 is 16.9 Å². The van der Waals surface area contributed by atoms with E-state index in [1.807, 2.05) is 37.3 Å². The van der Waals surface area contributed by atoms with Gasteiger partial charge >= 0.3 is 0 Å². The number of aromatic nitrogens is 2. The molecule has 1 heterocycles. The number of carbonyl (C=O) groups is 1. The summed E-state index contributed by atoms with van der Waals surface area (Å²) < 4.78 is 2.31. The van der Waals surface area contributed by atoms with Gasteiger partial charge < -0.3 is 9.88 Å². The lowest BCUT2D eigenvalue weighted by molar-refractivity contribution is 0.0953. The molecule has 0 unspecified atom stereocenters. The summed E-state index contributed by atoms with van der Waals surface area (Å²) in [5.74, 6) is 1.03. The average Bonchev–Trinajstić information content (AvgIpc) is 3.13. The smallest absolute Gasteiger partial charge is 0.251 e. The van der Waals surface area contributed by atoms with Gasteiger partial charge in [0.05, 0.1) is 11.0 Å². The number of benzene rings is 3. The van der Waals surface area contributed by atoms with Crippen molar-refractivity contribution < 1.29 is 4.79 Å². The minimum Gasteiger partial charge on any atom is -0.352 e. The summed E-state index contributed by atoms with van der Waals surface area (Å²) in [4.78, 5) is 17.3. The zero-order valence-electron chi connectivity index (χ0n) is 20.1. The molecule has 0 atom stereocenters. The van der Waals surface area contributed by atoms with Crippen molar-refractivity contribution in [2.45, 2.75) is 52.5 Å². The Morgan fingerprint density at radius 3 is 2.45 bits per heavy atom. The van der Waals surface area contributed by atoms with Crippen LogP contribution in [0.1, 0.15) is 60.1 Å². The maximum absolute atomic E-state index is 12.4. The zero-order valence-corrected chi connectivity index (χ0v) is 20.1. The highest BCUT2D eigenvalue weighted by molar-refractivity contribution is 5.94. The Hall–Kier alpha value is -3.40. The van der Waals surface area contributed by atoms with Crippen molar-refractivity contribution in [1.82, 2.24) is 14.9 Å². The molecule has 4 rings (SSSR count). The molecule has 0 bridgehead atoms. The molecule has 0 fully saturated rings. The predicted octanol–water partition coefficient (Wildman–Crippen LogP) is 6.05. The summed E-state index contributed by atoms with van der Waals surface area (Å²) in [5, 5.41) is 3.04. The lowest BCUT2D eigenvalue weighted by Gasteiger charge is -2.19. The van der Waals surface area contributed by atoms with Gasteiger partial charge in [-0.15, -0.1) is 0 Å². The van der Waals surface area contributed by atoms with E-state index in [0.717, 1.165) is 41.8 Å². The summed E-state index contributed by atoms with van der Waals surface area (Å²) in [6, 6.07) is 24.9. The molecule has 0 aliphatic rings. The van der Waals surface area contributed by atoms with Crippen LogP contribution in [-0.4, -0.2) is 22.0 Å². The van der Waals surface area contributed by atoms with Crippen LogP contribution in [0.3, 0.4) is 0 Å². The molecular weight excluding hydrogens is 406 g/mol. The summed E-state index contributed by atoms with van der Waals surface area (Å²) in [5.41, 5.74) is 6.71. The molecule has 4 nitrogen and oxygen atoms in total. The zero-order chi connectivity index (χ0) is 23.4. The van der Waals surface area contributed by atoms with E-state index in [4.69, 9.17) is 4.98 Å². The number of carbonyl (C=O) groups excluding carboxylic acids is 1. The van der Waals surface area contributed by atoms with E-state index in [2.05, 4.69) is 73.1 Å². The van der Waals surface area contributed by atoms with Gasteiger partial charge in [-0.05, 0) is 54.2 Å². The van der Waals surface area contributed by atoms with Gasteiger partial charge in [0.15, 0.2) is 0 Å². The summed E-state index contributed by atoms with van der Waals surface area (Å²) in [6.07, 6.45) is 1.65. The lowest BCUT2D eigenvalue weighted by atomic mass is 9.87. The van der Waals surface area contributed by atoms with Gasteiger partial charge in [0, 0.05) is 25.1 Å². The third-order valence-corrected chi connectivity index (χ3v) is 6.04. The van der Waals surface area contributed by atoms with Crippen molar-refractivity contribution in [2.24, 2.45) is 0 Å². The molecule has 3 aromatic carbocycles. The van der Waals surface area contributed by atoms with Gasteiger partial charge in [-0.3, -0.25) is 4.79 Å². The van der Waals surface area contributed by atoms with E-state index >= 15 is 0 Å². The Kier molecular flexibility index (Phi) is 6.64. The van der Waals surface area contributed by atoms with Crippen molar-refractivity contribution in [3.63, 3.8) is 0 Å². The first-order valence-electron chi connectivity index (χ1n) is 11.7. The van der Waals surface area contributed by atoms with Crippen LogP contribution in [0.25, 0.3) is 11.0 Å².